The Morgan fingerprint density at radius 1 is 0.635 bits per heavy atom. The number of nitrogen functional groups attached to an aromatic ring is 1. The highest BCUT2D eigenvalue weighted by Crippen LogP contribution is 2.28. The van der Waals surface area contributed by atoms with E-state index in [1.165, 1.54) is 53.2 Å². The van der Waals surface area contributed by atoms with Crippen molar-refractivity contribution < 1.29 is 49.8 Å². The number of rotatable bonds is 11. The van der Waals surface area contributed by atoms with E-state index < -0.39 is 17.6 Å². The van der Waals surface area contributed by atoms with Gasteiger partial charge >= 0.3 is 12.7 Å². The minimum atomic E-state index is -4.78. The van der Waals surface area contributed by atoms with Crippen LogP contribution in [0.15, 0.2) is 106 Å². The Bertz CT molecular complexity index is 2820. The number of hydrogen-bond donors (Lipinski definition) is 1. The van der Waals surface area contributed by atoms with Gasteiger partial charge in [0.25, 0.3) is 17.5 Å². The molecule has 0 bridgehead atoms. The van der Waals surface area contributed by atoms with E-state index in [0.29, 0.717) is 40.6 Å². The lowest BCUT2D eigenvalue weighted by molar-refractivity contribution is -0.384. The molecule has 8 rings (SSSR count). The van der Waals surface area contributed by atoms with Crippen LogP contribution in [0.5, 0.6) is 11.5 Å². The third kappa shape index (κ3) is 11.6. The number of nitrogens with two attached hydrogens (primary N) is 1. The molecule has 0 aliphatic rings. The Hall–Kier alpha value is -8.18. The van der Waals surface area contributed by atoms with Gasteiger partial charge in [-0.25, -0.2) is 19.3 Å². The van der Waals surface area contributed by atoms with Crippen LogP contribution in [-0.4, -0.2) is 67.5 Å². The van der Waals surface area contributed by atoms with Crippen LogP contribution in [0.25, 0.3) is 46.2 Å². The third-order valence-electron chi connectivity index (χ3n) is 8.38. The van der Waals surface area contributed by atoms with Crippen molar-refractivity contribution in [2.75, 3.05) is 5.73 Å². The normalized spacial score (nSPS) is 11.4. The van der Waals surface area contributed by atoms with Gasteiger partial charge in [-0.3, -0.25) is 10.1 Å². The van der Waals surface area contributed by atoms with E-state index in [-0.39, 0.29) is 66.2 Å². The minimum absolute atomic E-state index is 0. The molecule has 4 aromatic heterocycles. The second-order valence-corrected chi connectivity index (χ2v) is 12.9. The number of nitro groups is 1. The fraction of sp³-hybridized carbons (Fsp3) is 0.179. The molecule has 0 saturated carbocycles. The quantitative estimate of drug-likeness (QED) is 0.0555. The molecule has 4 aromatic carbocycles. The molecule has 0 atom stereocenters. The first-order valence-electron chi connectivity index (χ1n) is 17.8. The standard InChI is InChI=1S/C19H13F3N6O4.C19H15F3N6O2.CH4/c1-11-23-17(25-27(11)10-12-3-2-4-14(9-12)28(29)30)18-24-16(26-32-18)13-5-7-15(8-6-13)31-19(20,21)22;1-11-24-17(26-28(11)10-12-3-2-4-14(23)9-12)18-25-16(27-30-18)13-5-7-15(8-6-13)29-19(20,21)22;/h2-9H,10H2,1H3;2-9H,10,23H2,1H3;1H4. The monoisotopic (exact) mass is 878 g/mol. The number of aryl methyl sites for hydroxylation is 2. The summed E-state index contributed by atoms with van der Waals surface area (Å²) in [7, 11) is 0. The Morgan fingerprint density at radius 3 is 1.48 bits per heavy atom. The Morgan fingerprint density at radius 2 is 1.06 bits per heavy atom. The molecule has 2 N–H and O–H groups in total. The molecule has 326 valence electrons. The van der Waals surface area contributed by atoms with Crippen molar-refractivity contribution >= 4 is 11.4 Å². The van der Waals surface area contributed by atoms with Gasteiger partial charge in [0, 0.05) is 28.9 Å². The molecule has 0 aliphatic heterocycles. The summed E-state index contributed by atoms with van der Waals surface area (Å²) >= 11 is 0. The Labute approximate surface area is 351 Å². The predicted molar refractivity (Wildman–Crippen MR) is 209 cm³/mol. The third-order valence-corrected chi connectivity index (χ3v) is 8.38. The molecule has 0 saturated heterocycles. The number of alkyl halides is 6. The van der Waals surface area contributed by atoms with Crippen molar-refractivity contribution in [2.24, 2.45) is 0 Å². The number of nitrogens with zero attached hydrogens (tertiary/aromatic N) is 11. The first kappa shape index (κ1) is 44.4. The molecule has 8 aromatic rings. The zero-order valence-corrected chi connectivity index (χ0v) is 31.9. The fourth-order valence-corrected chi connectivity index (χ4v) is 5.60. The van der Waals surface area contributed by atoms with Crippen LogP contribution in [0.1, 0.15) is 30.2 Å². The molecular formula is C39H32F6N12O6. The molecule has 18 nitrogen and oxygen atoms in total. The van der Waals surface area contributed by atoms with Crippen LogP contribution in [-0.2, 0) is 13.1 Å². The molecule has 0 aliphatic carbocycles. The van der Waals surface area contributed by atoms with Crippen molar-refractivity contribution in [3.8, 4) is 57.7 Å². The van der Waals surface area contributed by atoms with E-state index >= 15 is 0 Å². The highest BCUT2D eigenvalue weighted by Gasteiger charge is 2.32. The summed E-state index contributed by atoms with van der Waals surface area (Å²) in [6.07, 6.45) is -9.54. The molecular weight excluding hydrogens is 846 g/mol. The van der Waals surface area contributed by atoms with E-state index in [0.717, 1.165) is 17.7 Å². The van der Waals surface area contributed by atoms with Crippen molar-refractivity contribution in [3.63, 3.8) is 0 Å². The SMILES string of the molecule is C.Cc1nc(-c2nc(-c3ccc(OC(F)(F)F)cc3)no2)nn1Cc1cccc(N)c1.Cc1nc(-c2nc(-c3ccc(OC(F)(F)F)cc3)no2)nn1Cc1cccc([N+](=O)[O-])c1. The number of nitro benzene ring substituents is 1. The maximum atomic E-state index is 12.3. The molecule has 0 spiro atoms. The molecule has 0 unspecified atom stereocenters. The Balaban J connectivity index is 0.000000207. The topological polar surface area (TPSA) is 227 Å². The zero-order valence-electron chi connectivity index (χ0n) is 31.9. The average molecular weight is 879 g/mol. The lowest BCUT2D eigenvalue weighted by atomic mass is 10.2. The van der Waals surface area contributed by atoms with Crippen LogP contribution < -0.4 is 15.2 Å². The highest BCUT2D eigenvalue weighted by atomic mass is 19.4. The summed E-state index contributed by atoms with van der Waals surface area (Å²) < 4.78 is 94.9. The van der Waals surface area contributed by atoms with Gasteiger partial charge in [0.05, 0.1) is 18.0 Å². The molecule has 63 heavy (non-hydrogen) atoms. The number of hydrogen-bond acceptors (Lipinski definition) is 15. The number of aromatic nitrogens is 10. The van der Waals surface area contributed by atoms with Gasteiger partial charge in [-0.2, -0.15) is 9.97 Å². The maximum absolute atomic E-state index is 12.3. The lowest BCUT2D eigenvalue weighted by Gasteiger charge is -2.08. The average Bonchev–Trinajstić information content (AvgIpc) is 4.03. The molecule has 0 radical (unpaired) electrons. The number of halogens is 6. The number of benzene rings is 4. The van der Waals surface area contributed by atoms with Crippen LogP contribution in [0.2, 0.25) is 0 Å². The van der Waals surface area contributed by atoms with E-state index in [2.05, 4.69) is 49.9 Å². The second-order valence-electron chi connectivity index (χ2n) is 12.9. The van der Waals surface area contributed by atoms with Crippen molar-refractivity contribution in [1.29, 1.82) is 0 Å². The van der Waals surface area contributed by atoms with Gasteiger partial charge in [0.1, 0.15) is 23.1 Å². The van der Waals surface area contributed by atoms with Gasteiger partial charge in [-0.1, -0.05) is 42.0 Å². The van der Waals surface area contributed by atoms with Gasteiger partial charge in [0.15, 0.2) is 0 Å². The summed E-state index contributed by atoms with van der Waals surface area (Å²) in [5.74, 6) is 1.25. The van der Waals surface area contributed by atoms with Crippen LogP contribution >= 0.6 is 0 Å². The Kier molecular flexibility index (Phi) is 12.8. The minimum Gasteiger partial charge on any atom is -0.406 e. The first-order valence-corrected chi connectivity index (χ1v) is 17.8. The molecule has 24 heteroatoms. The number of non-ortho nitro benzene ring substituents is 1. The number of anilines is 1. The molecule has 0 fully saturated rings. The second kappa shape index (κ2) is 18.2. The van der Waals surface area contributed by atoms with Crippen molar-refractivity contribution in [2.45, 2.75) is 47.1 Å². The summed E-state index contributed by atoms with van der Waals surface area (Å²) in [4.78, 5) is 27.5. The molecule has 0 amide bonds. The lowest BCUT2D eigenvalue weighted by Crippen LogP contribution is -2.16. The van der Waals surface area contributed by atoms with Crippen molar-refractivity contribution in [1.82, 2.24) is 49.8 Å². The maximum Gasteiger partial charge on any atom is 0.573 e. The smallest absolute Gasteiger partial charge is 0.406 e. The van der Waals surface area contributed by atoms with Gasteiger partial charge in [-0.15, -0.1) is 36.5 Å². The van der Waals surface area contributed by atoms with Gasteiger partial charge < -0.3 is 24.3 Å². The van der Waals surface area contributed by atoms with Crippen LogP contribution in [0.4, 0.5) is 37.7 Å². The predicted octanol–water partition coefficient (Wildman–Crippen LogP) is 8.63. The van der Waals surface area contributed by atoms with Gasteiger partial charge in [-0.05, 0) is 85.6 Å². The summed E-state index contributed by atoms with van der Waals surface area (Å²) in [6.45, 7) is 4.19. The summed E-state index contributed by atoms with van der Waals surface area (Å²) in [5.41, 5.74) is 8.90. The van der Waals surface area contributed by atoms with E-state index in [4.69, 9.17) is 14.8 Å². The molecule has 4 heterocycles. The highest BCUT2D eigenvalue weighted by molar-refractivity contribution is 5.59. The summed E-state index contributed by atoms with van der Waals surface area (Å²) in [6, 6.07) is 23.7. The van der Waals surface area contributed by atoms with Gasteiger partial charge in [0.2, 0.25) is 23.3 Å². The van der Waals surface area contributed by atoms with Crippen LogP contribution in [0.3, 0.4) is 0 Å². The zero-order chi connectivity index (χ0) is 44.2. The van der Waals surface area contributed by atoms with E-state index in [1.54, 1.807) is 36.7 Å². The summed E-state index contributed by atoms with van der Waals surface area (Å²) in [5, 5.41) is 27.3. The van der Waals surface area contributed by atoms with Crippen molar-refractivity contribution in [3.05, 3.63) is 130 Å². The first-order chi connectivity index (χ1) is 29.4. The van der Waals surface area contributed by atoms with E-state index in [1.807, 2.05) is 18.2 Å². The number of ether oxygens (including phenoxy) is 2. The fourth-order valence-electron chi connectivity index (χ4n) is 5.60. The largest absolute Gasteiger partial charge is 0.573 e. The van der Waals surface area contributed by atoms with E-state index in [9.17, 15) is 36.5 Å². The van der Waals surface area contributed by atoms with Crippen LogP contribution in [0, 0.1) is 24.0 Å².